The first-order chi connectivity index (χ1) is 4.34. The third-order valence-electron chi connectivity index (χ3n) is 1.14. The molecule has 0 radical (unpaired) electrons. The summed E-state index contributed by atoms with van der Waals surface area (Å²) in [7, 11) is 3.53. The second-order valence-electron chi connectivity index (χ2n) is 1.66. The van der Waals surface area contributed by atoms with Crippen LogP contribution in [0.3, 0.4) is 0 Å². The number of anilines is 1. The molecule has 0 aliphatic rings. The zero-order valence-corrected chi connectivity index (χ0v) is 6.31. The molecule has 0 atom stereocenters. The SMILES string of the molecule is CON(C)c1ccsc1. The second-order valence-corrected chi connectivity index (χ2v) is 2.44. The smallest absolute Gasteiger partial charge is 0.0739 e. The largest absolute Gasteiger partial charge is 0.277 e. The maximum absolute atomic E-state index is 4.93. The van der Waals surface area contributed by atoms with Crippen LogP contribution in [-0.2, 0) is 4.84 Å². The number of hydroxylamine groups is 1. The average Bonchev–Trinajstić information content (AvgIpc) is 2.37. The molecule has 0 amide bonds. The van der Waals surface area contributed by atoms with Crippen LogP contribution in [0, 0.1) is 0 Å². The molecule has 1 aromatic heterocycles. The molecular formula is C6H9NOS. The van der Waals surface area contributed by atoms with E-state index < -0.39 is 0 Å². The van der Waals surface area contributed by atoms with Crippen LogP contribution < -0.4 is 5.06 Å². The van der Waals surface area contributed by atoms with Crippen molar-refractivity contribution in [3.8, 4) is 0 Å². The lowest BCUT2D eigenvalue weighted by Crippen LogP contribution is -2.13. The van der Waals surface area contributed by atoms with Crippen molar-refractivity contribution < 1.29 is 4.84 Å². The molecular weight excluding hydrogens is 134 g/mol. The highest BCUT2D eigenvalue weighted by Crippen LogP contribution is 2.15. The molecule has 1 rings (SSSR count). The summed E-state index contributed by atoms with van der Waals surface area (Å²) >= 11 is 1.66. The van der Waals surface area contributed by atoms with Crippen molar-refractivity contribution in [3.63, 3.8) is 0 Å². The maximum atomic E-state index is 4.93. The molecule has 0 saturated heterocycles. The highest BCUT2D eigenvalue weighted by atomic mass is 32.1. The lowest BCUT2D eigenvalue weighted by atomic mass is 10.5. The Kier molecular flexibility index (Phi) is 2.08. The molecule has 1 aromatic rings. The van der Waals surface area contributed by atoms with E-state index in [1.807, 2.05) is 23.9 Å². The monoisotopic (exact) mass is 143 g/mol. The van der Waals surface area contributed by atoms with Crippen molar-refractivity contribution >= 4 is 17.0 Å². The Labute approximate surface area is 58.6 Å². The van der Waals surface area contributed by atoms with Crippen molar-refractivity contribution in [2.75, 3.05) is 19.2 Å². The van der Waals surface area contributed by atoms with Crippen LogP contribution in [0.25, 0.3) is 0 Å². The van der Waals surface area contributed by atoms with E-state index in [2.05, 4.69) is 0 Å². The first kappa shape index (κ1) is 6.58. The third-order valence-corrected chi connectivity index (χ3v) is 1.81. The molecule has 1 heterocycles. The molecule has 0 bridgehead atoms. The zero-order chi connectivity index (χ0) is 6.69. The third kappa shape index (κ3) is 1.43. The van der Waals surface area contributed by atoms with Crippen LogP contribution in [0.1, 0.15) is 0 Å². The standard InChI is InChI=1S/C6H9NOS/c1-7(8-2)6-3-4-9-5-6/h3-5H,1-2H3. The molecule has 0 saturated carbocycles. The highest BCUT2D eigenvalue weighted by Gasteiger charge is 1.95. The first-order valence-electron chi connectivity index (χ1n) is 2.64. The van der Waals surface area contributed by atoms with Crippen molar-refractivity contribution in [2.45, 2.75) is 0 Å². The Morgan fingerprint density at radius 3 is 2.89 bits per heavy atom. The minimum Gasteiger partial charge on any atom is -0.277 e. The molecule has 2 nitrogen and oxygen atoms in total. The predicted octanol–water partition coefficient (Wildman–Crippen LogP) is 1.75. The molecule has 0 fully saturated rings. The van der Waals surface area contributed by atoms with Gasteiger partial charge in [0.2, 0.25) is 0 Å². The number of rotatable bonds is 2. The molecule has 0 N–H and O–H groups in total. The fraction of sp³-hybridized carbons (Fsp3) is 0.333. The summed E-state index contributed by atoms with van der Waals surface area (Å²) in [4.78, 5) is 4.93. The van der Waals surface area contributed by atoms with Gasteiger partial charge in [0.25, 0.3) is 0 Å². The molecule has 0 spiro atoms. The van der Waals surface area contributed by atoms with E-state index in [9.17, 15) is 0 Å². The van der Waals surface area contributed by atoms with Gasteiger partial charge in [-0.3, -0.25) is 9.90 Å². The summed E-state index contributed by atoms with van der Waals surface area (Å²) < 4.78 is 0. The molecule has 9 heavy (non-hydrogen) atoms. The van der Waals surface area contributed by atoms with E-state index in [0.29, 0.717) is 0 Å². The van der Waals surface area contributed by atoms with Gasteiger partial charge in [-0.1, -0.05) is 0 Å². The quantitative estimate of drug-likeness (QED) is 0.585. The number of hydrogen-bond acceptors (Lipinski definition) is 3. The first-order valence-corrected chi connectivity index (χ1v) is 3.59. The van der Waals surface area contributed by atoms with Crippen molar-refractivity contribution in [1.82, 2.24) is 0 Å². The predicted molar refractivity (Wildman–Crippen MR) is 39.7 cm³/mol. The fourth-order valence-corrected chi connectivity index (χ4v) is 1.20. The molecule has 50 valence electrons. The lowest BCUT2D eigenvalue weighted by Gasteiger charge is -2.12. The van der Waals surface area contributed by atoms with Crippen LogP contribution in [0.15, 0.2) is 16.8 Å². The summed E-state index contributed by atoms with van der Waals surface area (Å²) in [5, 5.41) is 5.77. The Balaban J connectivity index is 2.65. The van der Waals surface area contributed by atoms with Gasteiger partial charge in [0.15, 0.2) is 0 Å². The van der Waals surface area contributed by atoms with Gasteiger partial charge in [0.1, 0.15) is 0 Å². The molecule has 0 unspecified atom stereocenters. The summed E-state index contributed by atoms with van der Waals surface area (Å²) in [6.07, 6.45) is 0. The fourth-order valence-electron chi connectivity index (χ4n) is 0.542. The summed E-state index contributed by atoms with van der Waals surface area (Å²) in [5.41, 5.74) is 1.10. The highest BCUT2D eigenvalue weighted by molar-refractivity contribution is 7.08. The second kappa shape index (κ2) is 2.85. The Hall–Kier alpha value is -0.540. The molecule has 3 heteroatoms. The average molecular weight is 143 g/mol. The van der Waals surface area contributed by atoms with Crippen LogP contribution in [0.2, 0.25) is 0 Å². The summed E-state index contributed by atoms with van der Waals surface area (Å²) in [6, 6.07) is 2.01. The summed E-state index contributed by atoms with van der Waals surface area (Å²) in [6.45, 7) is 0. The minimum absolute atomic E-state index is 1.10. The molecule has 0 aliphatic heterocycles. The minimum atomic E-state index is 1.10. The Morgan fingerprint density at radius 1 is 1.67 bits per heavy atom. The van der Waals surface area contributed by atoms with Gasteiger partial charge >= 0.3 is 0 Å². The number of hydrogen-bond donors (Lipinski definition) is 0. The van der Waals surface area contributed by atoms with Gasteiger partial charge in [0.05, 0.1) is 12.8 Å². The van der Waals surface area contributed by atoms with Crippen LogP contribution in [0.4, 0.5) is 5.69 Å². The lowest BCUT2D eigenvalue weighted by molar-refractivity contribution is 0.185. The van der Waals surface area contributed by atoms with Crippen molar-refractivity contribution in [1.29, 1.82) is 0 Å². The summed E-state index contributed by atoms with van der Waals surface area (Å²) in [5.74, 6) is 0. The van der Waals surface area contributed by atoms with Crippen molar-refractivity contribution in [2.24, 2.45) is 0 Å². The van der Waals surface area contributed by atoms with E-state index in [1.165, 1.54) is 0 Å². The van der Waals surface area contributed by atoms with Gasteiger partial charge in [-0.05, 0) is 11.4 Å². The van der Waals surface area contributed by atoms with Crippen LogP contribution in [-0.4, -0.2) is 14.2 Å². The Bertz CT molecular complexity index is 162. The molecule has 0 aromatic carbocycles. The van der Waals surface area contributed by atoms with Gasteiger partial charge in [-0.25, -0.2) is 0 Å². The Morgan fingerprint density at radius 2 is 2.44 bits per heavy atom. The van der Waals surface area contributed by atoms with E-state index in [0.717, 1.165) is 5.69 Å². The van der Waals surface area contributed by atoms with Crippen molar-refractivity contribution in [3.05, 3.63) is 16.8 Å². The normalized spacial score (nSPS) is 9.56. The van der Waals surface area contributed by atoms with Gasteiger partial charge in [-0.15, -0.1) is 0 Å². The van der Waals surface area contributed by atoms with E-state index in [4.69, 9.17) is 4.84 Å². The van der Waals surface area contributed by atoms with Gasteiger partial charge in [0, 0.05) is 12.4 Å². The van der Waals surface area contributed by atoms with Crippen LogP contribution >= 0.6 is 11.3 Å². The number of nitrogens with zero attached hydrogens (tertiary/aromatic N) is 1. The van der Waals surface area contributed by atoms with E-state index in [-0.39, 0.29) is 0 Å². The number of thiophene rings is 1. The van der Waals surface area contributed by atoms with Crippen LogP contribution in [0.5, 0.6) is 0 Å². The zero-order valence-electron chi connectivity index (χ0n) is 5.50. The topological polar surface area (TPSA) is 12.5 Å². The van der Waals surface area contributed by atoms with Gasteiger partial charge in [-0.2, -0.15) is 11.3 Å². The maximum Gasteiger partial charge on any atom is 0.0739 e. The molecule has 0 aliphatic carbocycles. The van der Waals surface area contributed by atoms with E-state index >= 15 is 0 Å². The van der Waals surface area contributed by atoms with E-state index in [1.54, 1.807) is 23.5 Å². The van der Waals surface area contributed by atoms with Gasteiger partial charge < -0.3 is 0 Å².